The Labute approximate surface area is 73.9 Å². The van der Waals surface area contributed by atoms with Crippen LogP contribution in [0.1, 0.15) is 18.9 Å². The number of nitrogens with zero attached hydrogens (tertiary/aromatic N) is 1. The highest BCUT2D eigenvalue weighted by molar-refractivity contribution is 5.14. The van der Waals surface area contributed by atoms with E-state index >= 15 is 0 Å². The van der Waals surface area contributed by atoms with Crippen LogP contribution in [0.4, 0.5) is 0 Å². The zero-order valence-corrected chi connectivity index (χ0v) is 7.33. The fourth-order valence-corrected chi connectivity index (χ4v) is 1.08. The topological polar surface area (TPSA) is 4.36 Å². The van der Waals surface area contributed by atoms with Gasteiger partial charge in [0, 0.05) is 13.3 Å². The fourth-order valence-electron chi connectivity index (χ4n) is 1.08. The fraction of sp³-hybridized carbons (Fsp3) is 0.364. The van der Waals surface area contributed by atoms with Gasteiger partial charge in [-0.05, 0) is 12.0 Å². The van der Waals surface area contributed by atoms with Crippen LogP contribution in [0.25, 0.3) is 4.85 Å². The van der Waals surface area contributed by atoms with Crippen molar-refractivity contribution < 1.29 is 0 Å². The van der Waals surface area contributed by atoms with Crippen LogP contribution in [-0.2, 0) is 6.42 Å². The minimum absolute atomic E-state index is 0.158. The van der Waals surface area contributed by atoms with Crippen LogP contribution in [0.2, 0.25) is 0 Å². The van der Waals surface area contributed by atoms with E-state index in [9.17, 15) is 0 Å². The van der Waals surface area contributed by atoms with Crippen LogP contribution in [-0.4, -0.2) is 6.04 Å². The Kier molecular flexibility index (Phi) is 3.35. The van der Waals surface area contributed by atoms with E-state index in [2.05, 4.69) is 17.0 Å². The molecule has 0 spiro atoms. The summed E-state index contributed by atoms with van der Waals surface area (Å²) in [6.07, 6.45) is 1.98. The van der Waals surface area contributed by atoms with Crippen molar-refractivity contribution >= 4 is 0 Å². The molecule has 0 aliphatic rings. The Morgan fingerprint density at radius 1 is 1.33 bits per heavy atom. The van der Waals surface area contributed by atoms with Crippen molar-refractivity contribution in [1.82, 2.24) is 0 Å². The van der Waals surface area contributed by atoms with Crippen LogP contribution in [0.3, 0.4) is 0 Å². The van der Waals surface area contributed by atoms with E-state index in [1.807, 2.05) is 25.1 Å². The molecule has 12 heavy (non-hydrogen) atoms. The monoisotopic (exact) mass is 159 g/mol. The molecule has 1 rings (SSSR count). The Morgan fingerprint density at radius 2 is 2.00 bits per heavy atom. The maximum Gasteiger partial charge on any atom is 0.221 e. The van der Waals surface area contributed by atoms with Crippen molar-refractivity contribution in [2.75, 3.05) is 0 Å². The lowest BCUT2D eigenvalue weighted by Crippen LogP contribution is -1.96. The molecule has 1 heteroatoms. The third-order valence-corrected chi connectivity index (χ3v) is 1.91. The predicted molar refractivity (Wildman–Crippen MR) is 50.8 cm³/mol. The number of hydrogen-bond acceptors (Lipinski definition) is 0. The molecule has 0 N–H and O–H groups in total. The van der Waals surface area contributed by atoms with Gasteiger partial charge in [0.1, 0.15) is 0 Å². The molecule has 1 nitrogen and oxygen atoms in total. The SMILES string of the molecule is [C-]#[N+]C(C)CCc1ccccc1. The first kappa shape index (κ1) is 8.80. The first-order valence-corrected chi connectivity index (χ1v) is 4.23. The summed E-state index contributed by atoms with van der Waals surface area (Å²) in [7, 11) is 0. The standard InChI is InChI=1S/C11H13N/c1-10(12-2)8-9-11-6-4-3-5-7-11/h3-7,10H,8-9H2,1H3. The van der Waals surface area contributed by atoms with E-state index in [-0.39, 0.29) is 6.04 Å². The van der Waals surface area contributed by atoms with Gasteiger partial charge in [-0.1, -0.05) is 30.3 Å². The average molecular weight is 159 g/mol. The highest BCUT2D eigenvalue weighted by Gasteiger charge is 2.03. The van der Waals surface area contributed by atoms with Crippen molar-refractivity contribution in [3.63, 3.8) is 0 Å². The molecule has 1 unspecified atom stereocenters. The van der Waals surface area contributed by atoms with Crippen molar-refractivity contribution in [2.45, 2.75) is 25.8 Å². The number of rotatable bonds is 3. The van der Waals surface area contributed by atoms with Crippen molar-refractivity contribution in [1.29, 1.82) is 0 Å². The first-order chi connectivity index (χ1) is 5.83. The molecular weight excluding hydrogens is 146 g/mol. The Balaban J connectivity index is 2.40. The molecule has 0 saturated heterocycles. The minimum atomic E-state index is 0.158. The van der Waals surface area contributed by atoms with Crippen molar-refractivity contribution in [3.8, 4) is 0 Å². The summed E-state index contributed by atoms with van der Waals surface area (Å²) in [5.74, 6) is 0. The van der Waals surface area contributed by atoms with Gasteiger partial charge in [-0.25, -0.2) is 6.57 Å². The normalized spacial score (nSPS) is 12.0. The molecule has 62 valence electrons. The van der Waals surface area contributed by atoms with Gasteiger partial charge in [0.2, 0.25) is 6.04 Å². The molecule has 0 amide bonds. The largest absolute Gasteiger partial charge is 0.314 e. The summed E-state index contributed by atoms with van der Waals surface area (Å²) in [6.45, 7) is 8.77. The molecule has 0 aromatic heterocycles. The van der Waals surface area contributed by atoms with Crippen LogP contribution in [0.15, 0.2) is 30.3 Å². The minimum Gasteiger partial charge on any atom is -0.314 e. The maximum absolute atomic E-state index is 6.80. The van der Waals surface area contributed by atoms with Crippen molar-refractivity contribution in [2.24, 2.45) is 0 Å². The van der Waals surface area contributed by atoms with Crippen LogP contribution in [0.5, 0.6) is 0 Å². The summed E-state index contributed by atoms with van der Waals surface area (Å²) < 4.78 is 0. The molecule has 0 bridgehead atoms. The molecule has 0 radical (unpaired) electrons. The van der Waals surface area contributed by atoms with Gasteiger partial charge in [0.05, 0.1) is 0 Å². The zero-order valence-electron chi connectivity index (χ0n) is 7.33. The lowest BCUT2D eigenvalue weighted by Gasteiger charge is -1.99. The molecule has 1 aromatic carbocycles. The van der Waals surface area contributed by atoms with Crippen LogP contribution in [0, 0.1) is 6.57 Å². The highest BCUT2D eigenvalue weighted by atomic mass is 14.7. The molecule has 0 aliphatic carbocycles. The van der Waals surface area contributed by atoms with Crippen molar-refractivity contribution in [3.05, 3.63) is 47.3 Å². The molecular formula is C11H13N. The Hall–Kier alpha value is -1.29. The zero-order chi connectivity index (χ0) is 8.81. The molecule has 1 aromatic rings. The van der Waals surface area contributed by atoms with E-state index in [1.54, 1.807) is 0 Å². The number of aryl methyl sites for hydroxylation is 1. The Bertz CT molecular complexity index is 258. The van der Waals surface area contributed by atoms with E-state index in [0.717, 1.165) is 12.8 Å². The molecule has 0 aliphatic heterocycles. The third-order valence-electron chi connectivity index (χ3n) is 1.91. The second-order valence-corrected chi connectivity index (χ2v) is 3.00. The van der Waals surface area contributed by atoms with E-state index < -0.39 is 0 Å². The van der Waals surface area contributed by atoms with Crippen LogP contribution >= 0.6 is 0 Å². The smallest absolute Gasteiger partial charge is 0.221 e. The first-order valence-electron chi connectivity index (χ1n) is 4.23. The van der Waals surface area contributed by atoms with Crippen LogP contribution < -0.4 is 0 Å². The lowest BCUT2D eigenvalue weighted by molar-refractivity contribution is 0.744. The number of benzene rings is 1. The number of hydrogen-bond donors (Lipinski definition) is 0. The molecule has 0 fully saturated rings. The molecule has 0 heterocycles. The van der Waals surface area contributed by atoms with Gasteiger partial charge in [0.15, 0.2) is 0 Å². The second kappa shape index (κ2) is 4.56. The molecule has 0 saturated carbocycles. The maximum atomic E-state index is 6.80. The summed E-state index contributed by atoms with van der Waals surface area (Å²) in [5.41, 5.74) is 1.33. The van der Waals surface area contributed by atoms with E-state index in [4.69, 9.17) is 6.57 Å². The summed E-state index contributed by atoms with van der Waals surface area (Å²) in [6, 6.07) is 10.5. The van der Waals surface area contributed by atoms with Gasteiger partial charge >= 0.3 is 0 Å². The van der Waals surface area contributed by atoms with E-state index in [0.29, 0.717) is 0 Å². The van der Waals surface area contributed by atoms with Gasteiger partial charge in [0.25, 0.3) is 0 Å². The summed E-state index contributed by atoms with van der Waals surface area (Å²) in [5, 5.41) is 0. The van der Waals surface area contributed by atoms with Gasteiger partial charge in [-0.2, -0.15) is 0 Å². The predicted octanol–water partition coefficient (Wildman–Crippen LogP) is 2.93. The average Bonchev–Trinajstić information content (AvgIpc) is 2.16. The summed E-state index contributed by atoms with van der Waals surface area (Å²) in [4.78, 5) is 3.45. The highest BCUT2D eigenvalue weighted by Crippen LogP contribution is 2.06. The Morgan fingerprint density at radius 3 is 2.58 bits per heavy atom. The third kappa shape index (κ3) is 2.75. The van der Waals surface area contributed by atoms with Gasteiger partial charge in [-0.3, -0.25) is 0 Å². The molecule has 1 atom stereocenters. The lowest BCUT2D eigenvalue weighted by atomic mass is 10.1. The summed E-state index contributed by atoms with van der Waals surface area (Å²) >= 11 is 0. The van der Waals surface area contributed by atoms with E-state index in [1.165, 1.54) is 5.56 Å². The quantitative estimate of drug-likeness (QED) is 0.597. The second-order valence-electron chi connectivity index (χ2n) is 3.00. The van der Waals surface area contributed by atoms with Gasteiger partial charge in [-0.15, -0.1) is 0 Å². The van der Waals surface area contributed by atoms with Gasteiger partial charge < -0.3 is 4.85 Å².